The summed E-state index contributed by atoms with van der Waals surface area (Å²) in [5.41, 5.74) is 0. The maximum Gasteiger partial charge on any atom is 0.308 e. The lowest BCUT2D eigenvalue weighted by atomic mass is 9.84. The van der Waals surface area contributed by atoms with Gasteiger partial charge in [0.15, 0.2) is 0 Å². The Bertz CT molecular complexity index is 299. The number of rotatable bonds is 3. The molecule has 0 radical (unpaired) electrons. The van der Waals surface area contributed by atoms with E-state index in [0.29, 0.717) is 13.0 Å². The SMILES string of the molecule is O=C(O)C1CCCCC1NC(=O)[C@H]1CCCO1. The van der Waals surface area contributed by atoms with E-state index >= 15 is 0 Å². The average Bonchev–Trinajstić information content (AvgIpc) is 2.83. The van der Waals surface area contributed by atoms with Crippen LogP contribution in [0.15, 0.2) is 0 Å². The van der Waals surface area contributed by atoms with E-state index in [2.05, 4.69) is 5.32 Å². The largest absolute Gasteiger partial charge is 0.481 e. The zero-order chi connectivity index (χ0) is 12.3. The van der Waals surface area contributed by atoms with Gasteiger partial charge in [0.25, 0.3) is 0 Å². The van der Waals surface area contributed by atoms with Crippen LogP contribution in [0.1, 0.15) is 38.5 Å². The van der Waals surface area contributed by atoms with Crippen molar-refractivity contribution in [1.82, 2.24) is 5.32 Å². The number of aliphatic carboxylic acids is 1. The molecule has 1 saturated carbocycles. The highest BCUT2D eigenvalue weighted by Gasteiger charge is 2.34. The molecule has 2 aliphatic rings. The third-order valence-corrected chi connectivity index (χ3v) is 3.63. The van der Waals surface area contributed by atoms with E-state index in [0.717, 1.165) is 32.1 Å². The zero-order valence-corrected chi connectivity index (χ0v) is 9.85. The standard InChI is InChI=1S/C12H19NO4/c14-11(10-6-3-7-17-10)13-9-5-2-1-4-8(9)12(15)16/h8-10H,1-7H2,(H,13,14)(H,15,16)/t8?,9?,10-/m1/s1. The molecular formula is C12H19NO4. The van der Waals surface area contributed by atoms with E-state index in [-0.39, 0.29) is 18.1 Å². The van der Waals surface area contributed by atoms with Crippen LogP contribution in [-0.2, 0) is 14.3 Å². The van der Waals surface area contributed by atoms with Crippen LogP contribution in [-0.4, -0.2) is 35.7 Å². The van der Waals surface area contributed by atoms with Crippen LogP contribution in [0.2, 0.25) is 0 Å². The zero-order valence-electron chi connectivity index (χ0n) is 9.85. The minimum absolute atomic E-state index is 0.138. The van der Waals surface area contributed by atoms with E-state index in [1.807, 2.05) is 0 Å². The quantitative estimate of drug-likeness (QED) is 0.770. The summed E-state index contributed by atoms with van der Waals surface area (Å²) in [7, 11) is 0. The number of carboxylic acid groups (broad SMARTS) is 1. The summed E-state index contributed by atoms with van der Waals surface area (Å²) < 4.78 is 5.29. The lowest BCUT2D eigenvalue weighted by Crippen LogP contribution is -2.48. The second-order valence-corrected chi connectivity index (χ2v) is 4.85. The number of carboxylic acids is 1. The number of hydrogen-bond donors (Lipinski definition) is 2. The highest BCUT2D eigenvalue weighted by Crippen LogP contribution is 2.25. The highest BCUT2D eigenvalue weighted by atomic mass is 16.5. The van der Waals surface area contributed by atoms with Crippen molar-refractivity contribution in [2.75, 3.05) is 6.61 Å². The van der Waals surface area contributed by atoms with Crippen molar-refractivity contribution in [3.8, 4) is 0 Å². The molecule has 5 nitrogen and oxygen atoms in total. The number of carbonyl (C=O) groups is 2. The molecule has 0 aromatic carbocycles. The van der Waals surface area contributed by atoms with Crippen molar-refractivity contribution >= 4 is 11.9 Å². The fraction of sp³-hybridized carbons (Fsp3) is 0.833. The second kappa shape index (κ2) is 5.49. The first-order valence-corrected chi connectivity index (χ1v) is 6.33. The molecule has 0 bridgehead atoms. The van der Waals surface area contributed by atoms with Gasteiger partial charge in [0.2, 0.25) is 5.91 Å². The molecule has 2 rings (SSSR count). The predicted octanol–water partition coefficient (Wildman–Crippen LogP) is 0.925. The van der Waals surface area contributed by atoms with Gasteiger partial charge in [-0.1, -0.05) is 12.8 Å². The van der Waals surface area contributed by atoms with Crippen LogP contribution in [0.3, 0.4) is 0 Å². The van der Waals surface area contributed by atoms with Gasteiger partial charge in [-0.15, -0.1) is 0 Å². The Morgan fingerprint density at radius 2 is 1.88 bits per heavy atom. The Labute approximate surface area is 101 Å². The third kappa shape index (κ3) is 2.97. The van der Waals surface area contributed by atoms with Crippen molar-refractivity contribution in [1.29, 1.82) is 0 Å². The molecule has 1 saturated heterocycles. The Balaban J connectivity index is 1.90. The van der Waals surface area contributed by atoms with Gasteiger partial charge < -0.3 is 15.2 Å². The Hall–Kier alpha value is -1.10. The molecular weight excluding hydrogens is 222 g/mol. The van der Waals surface area contributed by atoms with Crippen molar-refractivity contribution in [3.05, 3.63) is 0 Å². The van der Waals surface area contributed by atoms with Crippen LogP contribution in [0.5, 0.6) is 0 Å². The molecule has 1 aliphatic carbocycles. The molecule has 1 heterocycles. The van der Waals surface area contributed by atoms with Crippen LogP contribution < -0.4 is 5.32 Å². The first kappa shape index (κ1) is 12.4. The van der Waals surface area contributed by atoms with E-state index in [1.165, 1.54) is 0 Å². The van der Waals surface area contributed by atoms with Gasteiger partial charge in [-0.05, 0) is 25.7 Å². The van der Waals surface area contributed by atoms with Crippen LogP contribution in [0, 0.1) is 5.92 Å². The monoisotopic (exact) mass is 241 g/mol. The molecule has 96 valence electrons. The number of carbonyl (C=O) groups excluding carboxylic acids is 1. The van der Waals surface area contributed by atoms with Crippen molar-refractivity contribution in [2.24, 2.45) is 5.92 Å². The fourth-order valence-electron chi connectivity index (χ4n) is 2.66. The molecule has 2 unspecified atom stereocenters. The summed E-state index contributed by atoms with van der Waals surface area (Å²) in [6.07, 6.45) is 4.62. The summed E-state index contributed by atoms with van der Waals surface area (Å²) in [5.74, 6) is -1.38. The maximum absolute atomic E-state index is 11.9. The van der Waals surface area contributed by atoms with Crippen molar-refractivity contribution in [3.63, 3.8) is 0 Å². The molecule has 3 atom stereocenters. The minimum Gasteiger partial charge on any atom is -0.481 e. The first-order chi connectivity index (χ1) is 8.18. The molecule has 1 amide bonds. The van der Waals surface area contributed by atoms with E-state index in [1.54, 1.807) is 0 Å². The smallest absolute Gasteiger partial charge is 0.308 e. The number of amides is 1. The predicted molar refractivity (Wildman–Crippen MR) is 60.5 cm³/mol. The summed E-state index contributed by atoms with van der Waals surface area (Å²) in [6, 6.07) is -0.224. The number of ether oxygens (including phenoxy) is 1. The molecule has 2 fully saturated rings. The van der Waals surface area contributed by atoms with E-state index in [4.69, 9.17) is 9.84 Å². The lowest BCUT2D eigenvalue weighted by Gasteiger charge is -2.30. The maximum atomic E-state index is 11.9. The molecule has 0 spiro atoms. The second-order valence-electron chi connectivity index (χ2n) is 4.85. The van der Waals surface area contributed by atoms with E-state index in [9.17, 15) is 9.59 Å². The van der Waals surface area contributed by atoms with Crippen LogP contribution >= 0.6 is 0 Å². The Kier molecular flexibility index (Phi) is 3.99. The number of hydrogen-bond acceptors (Lipinski definition) is 3. The van der Waals surface area contributed by atoms with Gasteiger partial charge in [0.05, 0.1) is 5.92 Å². The van der Waals surface area contributed by atoms with Gasteiger partial charge in [-0.3, -0.25) is 9.59 Å². The molecule has 1 aliphatic heterocycles. The van der Waals surface area contributed by atoms with E-state index < -0.39 is 11.9 Å². The van der Waals surface area contributed by atoms with Gasteiger partial charge in [0.1, 0.15) is 6.10 Å². The summed E-state index contributed by atoms with van der Waals surface area (Å²) in [6.45, 7) is 0.630. The Morgan fingerprint density at radius 1 is 1.12 bits per heavy atom. The molecule has 5 heteroatoms. The molecule has 0 aromatic heterocycles. The fourth-order valence-corrected chi connectivity index (χ4v) is 2.66. The number of nitrogens with one attached hydrogen (secondary N) is 1. The summed E-state index contributed by atoms with van der Waals surface area (Å²) >= 11 is 0. The molecule has 17 heavy (non-hydrogen) atoms. The summed E-state index contributed by atoms with van der Waals surface area (Å²) in [5, 5.41) is 12.0. The molecule has 0 aromatic rings. The average molecular weight is 241 g/mol. The normalized spacial score (nSPS) is 33.3. The molecule has 2 N–H and O–H groups in total. The minimum atomic E-state index is -0.803. The first-order valence-electron chi connectivity index (χ1n) is 6.33. The topological polar surface area (TPSA) is 75.6 Å². The lowest BCUT2D eigenvalue weighted by molar-refractivity contribution is -0.144. The third-order valence-electron chi connectivity index (χ3n) is 3.63. The Morgan fingerprint density at radius 3 is 2.53 bits per heavy atom. The van der Waals surface area contributed by atoms with Crippen molar-refractivity contribution < 1.29 is 19.4 Å². The van der Waals surface area contributed by atoms with Gasteiger partial charge >= 0.3 is 5.97 Å². The highest BCUT2D eigenvalue weighted by molar-refractivity contribution is 5.82. The van der Waals surface area contributed by atoms with Crippen molar-refractivity contribution in [2.45, 2.75) is 50.7 Å². The van der Waals surface area contributed by atoms with Crippen LogP contribution in [0.4, 0.5) is 0 Å². The van der Waals surface area contributed by atoms with Crippen LogP contribution in [0.25, 0.3) is 0 Å². The summed E-state index contributed by atoms with van der Waals surface area (Å²) in [4.78, 5) is 22.9. The van der Waals surface area contributed by atoms with Gasteiger partial charge in [-0.25, -0.2) is 0 Å². The van der Waals surface area contributed by atoms with Gasteiger partial charge in [0, 0.05) is 12.6 Å². The van der Waals surface area contributed by atoms with Gasteiger partial charge in [-0.2, -0.15) is 0 Å².